The Morgan fingerprint density at radius 1 is 1.40 bits per heavy atom. The molecule has 0 rings (SSSR count). The summed E-state index contributed by atoms with van der Waals surface area (Å²) in [7, 11) is 1.74. The Morgan fingerprint density at radius 2 is 2.00 bits per heavy atom. The number of rotatable bonds is 5. The van der Waals surface area contributed by atoms with Crippen molar-refractivity contribution in [2.24, 2.45) is 5.41 Å². The van der Waals surface area contributed by atoms with Crippen LogP contribution in [0.4, 0.5) is 0 Å². The fourth-order valence-corrected chi connectivity index (χ4v) is 0.905. The summed E-state index contributed by atoms with van der Waals surface area (Å²) in [4.78, 5) is 0. The predicted octanol–water partition coefficient (Wildman–Crippen LogP) is 1.27. The molecule has 0 atom stereocenters. The molecule has 2 heteroatoms. The highest BCUT2D eigenvalue weighted by atomic mass is 16.5. The molecule has 0 aliphatic heterocycles. The van der Waals surface area contributed by atoms with Gasteiger partial charge in [-0.25, -0.2) is 0 Å². The van der Waals surface area contributed by atoms with Crippen LogP contribution in [0, 0.1) is 5.41 Å². The summed E-state index contributed by atoms with van der Waals surface area (Å²) in [6.07, 6.45) is 0. The second-order valence-corrected chi connectivity index (χ2v) is 3.38. The van der Waals surface area contributed by atoms with E-state index in [1.165, 1.54) is 0 Å². The maximum absolute atomic E-state index is 5.06. The third-order valence-electron chi connectivity index (χ3n) is 1.39. The molecule has 0 saturated carbocycles. The molecule has 0 amide bonds. The zero-order chi connectivity index (χ0) is 8.04. The predicted molar refractivity (Wildman–Crippen MR) is 44.2 cm³/mol. The van der Waals surface area contributed by atoms with Gasteiger partial charge in [-0.2, -0.15) is 0 Å². The van der Waals surface area contributed by atoms with E-state index in [4.69, 9.17) is 4.74 Å². The minimum absolute atomic E-state index is 0.269. The van der Waals surface area contributed by atoms with Crippen molar-refractivity contribution in [1.29, 1.82) is 0 Å². The van der Waals surface area contributed by atoms with Crippen LogP contribution in [-0.2, 0) is 4.74 Å². The first kappa shape index (κ1) is 9.92. The smallest absolute Gasteiger partial charge is 0.0525 e. The van der Waals surface area contributed by atoms with Gasteiger partial charge in [0.25, 0.3) is 0 Å². The summed E-state index contributed by atoms with van der Waals surface area (Å²) in [6.45, 7) is 9.38. The minimum Gasteiger partial charge on any atom is -0.384 e. The van der Waals surface area contributed by atoms with Crippen molar-refractivity contribution < 1.29 is 4.74 Å². The summed E-state index contributed by atoms with van der Waals surface area (Å²) < 4.78 is 5.06. The topological polar surface area (TPSA) is 21.3 Å². The minimum atomic E-state index is 0.269. The lowest BCUT2D eigenvalue weighted by molar-refractivity contribution is 0.104. The molecule has 0 aliphatic carbocycles. The monoisotopic (exact) mass is 145 g/mol. The lowest BCUT2D eigenvalue weighted by Gasteiger charge is -2.23. The fourth-order valence-electron chi connectivity index (χ4n) is 0.905. The van der Waals surface area contributed by atoms with Gasteiger partial charge in [0.1, 0.15) is 0 Å². The zero-order valence-corrected chi connectivity index (χ0v) is 7.53. The van der Waals surface area contributed by atoms with Crippen LogP contribution < -0.4 is 5.32 Å². The molecule has 0 bridgehead atoms. The van der Waals surface area contributed by atoms with E-state index in [9.17, 15) is 0 Å². The van der Waals surface area contributed by atoms with Crippen LogP contribution >= 0.6 is 0 Å². The molecule has 0 aromatic carbocycles. The highest BCUT2D eigenvalue weighted by Gasteiger charge is 2.15. The molecule has 0 radical (unpaired) electrons. The molecule has 62 valence electrons. The summed E-state index contributed by atoms with van der Waals surface area (Å²) in [5.41, 5.74) is 0.269. The molecule has 0 fully saturated rings. The highest BCUT2D eigenvalue weighted by Crippen LogP contribution is 2.12. The standard InChI is InChI=1S/C8H19NO/c1-5-9-6-8(2,3)7-10-4/h9H,5-7H2,1-4H3. The maximum atomic E-state index is 5.06. The highest BCUT2D eigenvalue weighted by molar-refractivity contribution is 4.69. The number of hydrogen-bond acceptors (Lipinski definition) is 2. The van der Waals surface area contributed by atoms with E-state index in [0.29, 0.717) is 0 Å². The summed E-state index contributed by atoms with van der Waals surface area (Å²) in [6, 6.07) is 0. The Bertz CT molecular complexity index is 81.3. The van der Waals surface area contributed by atoms with Gasteiger partial charge >= 0.3 is 0 Å². The van der Waals surface area contributed by atoms with Gasteiger partial charge in [0.05, 0.1) is 6.61 Å². The lowest BCUT2D eigenvalue weighted by Crippen LogP contribution is -2.32. The van der Waals surface area contributed by atoms with Crippen LogP contribution in [-0.4, -0.2) is 26.8 Å². The van der Waals surface area contributed by atoms with Crippen molar-refractivity contribution >= 4 is 0 Å². The molecule has 0 spiro atoms. The first-order valence-electron chi connectivity index (χ1n) is 3.82. The van der Waals surface area contributed by atoms with E-state index < -0.39 is 0 Å². The molecular weight excluding hydrogens is 126 g/mol. The van der Waals surface area contributed by atoms with Gasteiger partial charge in [-0.1, -0.05) is 20.8 Å². The maximum Gasteiger partial charge on any atom is 0.0525 e. The molecule has 1 N–H and O–H groups in total. The van der Waals surface area contributed by atoms with Gasteiger partial charge in [0.15, 0.2) is 0 Å². The molecule has 0 aromatic heterocycles. The van der Waals surface area contributed by atoms with Gasteiger partial charge in [0.2, 0.25) is 0 Å². The van der Waals surface area contributed by atoms with Gasteiger partial charge in [-0.15, -0.1) is 0 Å². The van der Waals surface area contributed by atoms with E-state index in [1.807, 2.05) is 0 Å². The van der Waals surface area contributed by atoms with Crippen molar-refractivity contribution in [2.75, 3.05) is 26.8 Å². The van der Waals surface area contributed by atoms with Crippen LogP contribution in [0.5, 0.6) is 0 Å². The third kappa shape index (κ3) is 4.77. The first-order valence-corrected chi connectivity index (χ1v) is 3.82. The SMILES string of the molecule is CCNCC(C)(C)COC. The van der Waals surface area contributed by atoms with Gasteiger partial charge in [-0.3, -0.25) is 0 Å². The zero-order valence-electron chi connectivity index (χ0n) is 7.53. The second-order valence-electron chi connectivity index (χ2n) is 3.38. The van der Waals surface area contributed by atoms with Gasteiger partial charge in [0, 0.05) is 19.1 Å². The molecule has 0 heterocycles. The van der Waals surface area contributed by atoms with Crippen molar-refractivity contribution in [3.63, 3.8) is 0 Å². The Morgan fingerprint density at radius 3 is 2.40 bits per heavy atom. The molecule has 0 aromatic rings. The molecular formula is C8H19NO. The summed E-state index contributed by atoms with van der Waals surface area (Å²) in [5, 5.41) is 3.29. The molecule has 0 unspecified atom stereocenters. The Labute approximate surface area is 64.0 Å². The van der Waals surface area contributed by atoms with E-state index in [1.54, 1.807) is 7.11 Å². The van der Waals surface area contributed by atoms with Crippen molar-refractivity contribution in [3.8, 4) is 0 Å². The van der Waals surface area contributed by atoms with Gasteiger partial charge < -0.3 is 10.1 Å². The summed E-state index contributed by atoms with van der Waals surface area (Å²) >= 11 is 0. The number of methoxy groups -OCH3 is 1. The number of ether oxygens (including phenoxy) is 1. The first-order chi connectivity index (χ1) is 4.62. The van der Waals surface area contributed by atoms with Gasteiger partial charge in [-0.05, 0) is 6.54 Å². The van der Waals surface area contributed by atoms with Crippen LogP contribution in [0.2, 0.25) is 0 Å². The lowest BCUT2D eigenvalue weighted by atomic mass is 9.95. The quantitative estimate of drug-likeness (QED) is 0.629. The van der Waals surface area contributed by atoms with Crippen molar-refractivity contribution in [3.05, 3.63) is 0 Å². The number of hydrogen-bond donors (Lipinski definition) is 1. The molecule has 0 saturated heterocycles. The van der Waals surface area contributed by atoms with Crippen molar-refractivity contribution in [2.45, 2.75) is 20.8 Å². The van der Waals surface area contributed by atoms with E-state index in [0.717, 1.165) is 19.7 Å². The molecule has 10 heavy (non-hydrogen) atoms. The third-order valence-corrected chi connectivity index (χ3v) is 1.39. The molecule has 2 nitrogen and oxygen atoms in total. The van der Waals surface area contributed by atoms with E-state index >= 15 is 0 Å². The summed E-state index contributed by atoms with van der Waals surface area (Å²) in [5.74, 6) is 0. The van der Waals surface area contributed by atoms with Crippen LogP contribution in [0.25, 0.3) is 0 Å². The van der Waals surface area contributed by atoms with Crippen LogP contribution in [0.15, 0.2) is 0 Å². The van der Waals surface area contributed by atoms with E-state index in [-0.39, 0.29) is 5.41 Å². The second kappa shape index (κ2) is 4.69. The van der Waals surface area contributed by atoms with Crippen LogP contribution in [0.1, 0.15) is 20.8 Å². The normalized spacial score (nSPS) is 12.0. The molecule has 0 aliphatic rings. The Hall–Kier alpha value is -0.0800. The average molecular weight is 145 g/mol. The fraction of sp³-hybridized carbons (Fsp3) is 1.00. The van der Waals surface area contributed by atoms with E-state index in [2.05, 4.69) is 26.1 Å². The van der Waals surface area contributed by atoms with Crippen LogP contribution in [0.3, 0.4) is 0 Å². The largest absolute Gasteiger partial charge is 0.384 e. The van der Waals surface area contributed by atoms with Crippen molar-refractivity contribution in [1.82, 2.24) is 5.32 Å². The Kier molecular flexibility index (Phi) is 4.65. The Balaban J connectivity index is 3.42. The average Bonchev–Trinajstić information content (AvgIpc) is 1.84. The number of nitrogens with one attached hydrogen (secondary N) is 1.